The first kappa shape index (κ1) is 10.7. The van der Waals surface area contributed by atoms with Crippen LogP contribution in [0.15, 0.2) is 24.5 Å². The van der Waals surface area contributed by atoms with Gasteiger partial charge in [-0.2, -0.15) is 0 Å². The molecule has 3 rings (SSSR count). The molecule has 0 amide bonds. The first-order valence-electron chi connectivity index (χ1n) is 5.71. The number of halogens is 1. The summed E-state index contributed by atoms with van der Waals surface area (Å²) in [5, 5.41) is 4.04. The van der Waals surface area contributed by atoms with Gasteiger partial charge in [-0.3, -0.25) is 4.98 Å². The maximum atomic E-state index is 6.07. The molecule has 88 valence electrons. The minimum atomic E-state index is 0.614. The van der Waals surface area contributed by atoms with Crippen molar-refractivity contribution in [1.82, 2.24) is 20.3 Å². The Morgan fingerprint density at radius 3 is 3.06 bits per heavy atom. The molecule has 1 fully saturated rings. The number of aromatic nitrogens is 3. The van der Waals surface area contributed by atoms with E-state index >= 15 is 0 Å². The van der Waals surface area contributed by atoms with E-state index in [0.29, 0.717) is 16.8 Å². The molecule has 1 saturated carbocycles. The average Bonchev–Trinajstić information content (AvgIpc) is 3.06. The fourth-order valence-corrected chi connectivity index (χ4v) is 1.88. The summed E-state index contributed by atoms with van der Waals surface area (Å²) in [6.45, 7) is 0.822. The summed E-state index contributed by atoms with van der Waals surface area (Å²) in [4.78, 5) is 11.8. The molecule has 2 N–H and O–H groups in total. The normalized spacial score (nSPS) is 15.1. The number of imidazole rings is 1. The molecule has 1 aliphatic carbocycles. The number of nitrogens with one attached hydrogen (secondary N) is 2. The highest BCUT2D eigenvalue weighted by atomic mass is 35.5. The number of rotatable bonds is 4. The Morgan fingerprint density at radius 2 is 2.29 bits per heavy atom. The molecule has 2 aromatic heterocycles. The molecule has 1 aliphatic rings. The Balaban J connectivity index is 1.77. The van der Waals surface area contributed by atoms with Crippen LogP contribution in [0.4, 0.5) is 0 Å². The lowest BCUT2D eigenvalue weighted by molar-refractivity contribution is 0.677. The van der Waals surface area contributed by atoms with Gasteiger partial charge in [0.15, 0.2) is 5.82 Å². The highest BCUT2D eigenvalue weighted by Gasteiger charge is 2.20. The predicted molar refractivity (Wildman–Crippen MR) is 66.7 cm³/mol. The van der Waals surface area contributed by atoms with Gasteiger partial charge in [0.25, 0.3) is 0 Å². The molecule has 0 spiro atoms. The van der Waals surface area contributed by atoms with Gasteiger partial charge in [-0.1, -0.05) is 11.6 Å². The van der Waals surface area contributed by atoms with Crippen molar-refractivity contribution < 1.29 is 0 Å². The quantitative estimate of drug-likeness (QED) is 0.874. The molecule has 0 atom stereocenters. The second-order valence-electron chi connectivity index (χ2n) is 4.25. The molecule has 0 aromatic carbocycles. The van der Waals surface area contributed by atoms with Crippen molar-refractivity contribution >= 4 is 11.6 Å². The molecule has 0 bridgehead atoms. The minimum absolute atomic E-state index is 0.614. The van der Waals surface area contributed by atoms with Crippen LogP contribution in [-0.4, -0.2) is 21.0 Å². The van der Waals surface area contributed by atoms with Gasteiger partial charge in [0.05, 0.1) is 11.2 Å². The summed E-state index contributed by atoms with van der Waals surface area (Å²) < 4.78 is 0. The number of nitrogens with zero attached hydrogens (tertiary/aromatic N) is 2. The van der Waals surface area contributed by atoms with Crippen molar-refractivity contribution in [2.75, 3.05) is 0 Å². The third-order valence-electron chi connectivity index (χ3n) is 2.77. The zero-order chi connectivity index (χ0) is 11.7. The highest BCUT2D eigenvalue weighted by molar-refractivity contribution is 6.32. The van der Waals surface area contributed by atoms with E-state index in [4.69, 9.17) is 11.6 Å². The second-order valence-corrected chi connectivity index (χ2v) is 4.65. The lowest BCUT2D eigenvalue weighted by Crippen LogP contribution is -2.15. The third-order valence-corrected chi connectivity index (χ3v) is 3.07. The predicted octanol–water partition coefficient (Wildman–Crippen LogP) is 2.38. The Bertz CT molecular complexity index is 519. The smallest absolute Gasteiger partial charge is 0.157 e. The average molecular weight is 249 g/mol. The lowest BCUT2D eigenvalue weighted by Gasteiger charge is -2.00. The SMILES string of the molecule is Clc1cccnc1-c1ncc(CNC2CC2)[nH]1. The first-order chi connectivity index (χ1) is 8.33. The molecule has 0 saturated heterocycles. The van der Waals surface area contributed by atoms with Crippen molar-refractivity contribution in [2.45, 2.75) is 25.4 Å². The van der Waals surface area contributed by atoms with E-state index in [0.717, 1.165) is 18.1 Å². The molecule has 2 heterocycles. The molecule has 0 radical (unpaired) electrons. The van der Waals surface area contributed by atoms with Crippen LogP contribution in [0.3, 0.4) is 0 Å². The molecule has 17 heavy (non-hydrogen) atoms. The van der Waals surface area contributed by atoms with Crippen LogP contribution in [0.2, 0.25) is 5.02 Å². The number of pyridine rings is 1. The molecule has 4 nitrogen and oxygen atoms in total. The van der Waals surface area contributed by atoms with Gasteiger partial charge in [-0.15, -0.1) is 0 Å². The number of aromatic amines is 1. The number of hydrogen-bond donors (Lipinski definition) is 2. The van der Waals surface area contributed by atoms with Gasteiger partial charge in [-0.05, 0) is 25.0 Å². The topological polar surface area (TPSA) is 53.6 Å². The van der Waals surface area contributed by atoms with Crippen molar-refractivity contribution in [1.29, 1.82) is 0 Å². The van der Waals surface area contributed by atoms with Crippen LogP contribution in [0.1, 0.15) is 18.5 Å². The van der Waals surface area contributed by atoms with Crippen molar-refractivity contribution in [3.05, 3.63) is 35.2 Å². The second kappa shape index (κ2) is 4.47. The monoisotopic (exact) mass is 248 g/mol. The Morgan fingerprint density at radius 1 is 1.41 bits per heavy atom. The molecule has 2 aromatic rings. The Kier molecular flexibility index (Phi) is 2.82. The maximum Gasteiger partial charge on any atom is 0.157 e. The van der Waals surface area contributed by atoms with Gasteiger partial charge >= 0.3 is 0 Å². The third kappa shape index (κ3) is 2.48. The zero-order valence-corrected chi connectivity index (χ0v) is 10.0. The molecular weight excluding hydrogens is 236 g/mol. The number of hydrogen-bond acceptors (Lipinski definition) is 3. The van der Waals surface area contributed by atoms with Crippen LogP contribution in [0.5, 0.6) is 0 Å². The van der Waals surface area contributed by atoms with Gasteiger partial charge in [-0.25, -0.2) is 4.98 Å². The van der Waals surface area contributed by atoms with Gasteiger partial charge in [0, 0.05) is 24.5 Å². The minimum Gasteiger partial charge on any atom is -0.339 e. The van der Waals surface area contributed by atoms with Crippen LogP contribution >= 0.6 is 11.6 Å². The van der Waals surface area contributed by atoms with E-state index in [2.05, 4.69) is 20.3 Å². The van der Waals surface area contributed by atoms with Crippen LogP contribution in [-0.2, 0) is 6.54 Å². The summed E-state index contributed by atoms with van der Waals surface area (Å²) in [6.07, 6.45) is 6.11. The van der Waals surface area contributed by atoms with Gasteiger partial charge < -0.3 is 10.3 Å². The van der Waals surface area contributed by atoms with Crippen LogP contribution < -0.4 is 5.32 Å². The van der Waals surface area contributed by atoms with Crippen LogP contribution in [0.25, 0.3) is 11.5 Å². The molecule has 0 unspecified atom stereocenters. The van der Waals surface area contributed by atoms with Gasteiger partial charge in [0.2, 0.25) is 0 Å². The summed E-state index contributed by atoms with van der Waals surface area (Å²) in [7, 11) is 0. The van der Waals surface area contributed by atoms with Crippen molar-refractivity contribution in [3.63, 3.8) is 0 Å². The fourth-order valence-electron chi connectivity index (χ4n) is 1.67. The fraction of sp³-hybridized carbons (Fsp3) is 0.333. The zero-order valence-electron chi connectivity index (χ0n) is 9.28. The van der Waals surface area contributed by atoms with E-state index in [1.165, 1.54) is 12.8 Å². The summed E-state index contributed by atoms with van der Waals surface area (Å²) in [5.74, 6) is 0.725. The Hall–Kier alpha value is -1.39. The summed E-state index contributed by atoms with van der Waals surface area (Å²) >= 11 is 6.07. The molecule has 0 aliphatic heterocycles. The lowest BCUT2D eigenvalue weighted by atomic mass is 10.3. The van der Waals surface area contributed by atoms with E-state index in [1.54, 1.807) is 6.20 Å². The maximum absolute atomic E-state index is 6.07. The summed E-state index contributed by atoms with van der Waals surface area (Å²) in [5.41, 5.74) is 1.76. The van der Waals surface area contributed by atoms with Gasteiger partial charge in [0.1, 0.15) is 5.69 Å². The van der Waals surface area contributed by atoms with Crippen molar-refractivity contribution in [2.24, 2.45) is 0 Å². The largest absolute Gasteiger partial charge is 0.339 e. The molecule has 5 heteroatoms. The highest BCUT2D eigenvalue weighted by Crippen LogP contribution is 2.23. The first-order valence-corrected chi connectivity index (χ1v) is 6.09. The van der Waals surface area contributed by atoms with E-state index in [1.807, 2.05) is 18.3 Å². The van der Waals surface area contributed by atoms with E-state index in [-0.39, 0.29) is 0 Å². The number of H-pyrrole nitrogens is 1. The standard InChI is InChI=1S/C12H13ClN4/c13-10-2-1-5-14-11(10)12-16-7-9(17-12)6-15-8-3-4-8/h1-2,5,7-8,15H,3-4,6H2,(H,16,17). The van der Waals surface area contributed by atoms with E-state index < -0.39 is 0 Å². The van der Waals surface area contributed by atoms with Crippen LogP contribution in [0, 0.1) is 0 Å². The molecular formula is C12H13ClN4. The van der Waals surface area contributed by atoms with E-state index in [9.17, 15) is 0 Å². The Labute approximate surface area is 104 Å². The van der Waals surface area contributed by atoms with Crippen molar-refractivity contribution in [3.8, 4) is 11.5 Å². The summed E-state index contributed by atoms with van der Waals surface area (Å²) in [6, 6.07) is 4.32.